The zero-order valence-corrected chi connectivity index (χ0v) is 24.3. The van der Waals surface area contributed by atoms with E-state index in [2.05, 4.69) is 5.32 Å². The zero-order chi connectivity index (χ0) is 29.9. The number of aryl methyl sites for hydroxylation is 1. The van der Waals surface area contributed by atoms with E-state index in [0.717, 1.165) is 22.3 Å². The molecule has 0 radical (unpaired) electrons. The molecule has 6 heteroatoms. The molecule has 1 fully saturated rings. The van der Waals surface area contributed by atoms with Gasteiger partial charge in [-0.1, -0.05) is 72.3 Å². The van der Waals surface area contributed by atoms with Gasteiger partial charge in [0.1, 0.15) is 17.2 Å². The number of ether oxygens (including phenoxy) is 1. The largest absolute Gasteiger partial charge is 0.491 e. The number of anilines is 1. The maximum atomic E-state index is 14.9. The fourth-order valence-electron chi connectivity index (χ4n) is 7.21. The topological polar surface area (TPSA) is 75.7 Å². The van der Waals surface area contributed by atoms with Gasteiger partial charge in [-0.2, -0.15) is 0 Å². The number of benzene rings is 4. The van der Waals surface area contributed by atoms with Crippen LogP contribution in [0.2, 0.25) is 0 Å². The summed E-state index contributed by atoms with van der Waals surface area (Å²) in [5.41, 5.74) is 3.88. The maximum absolute atomic E-state index is 14.9. The highest BCUT2D eigenvalue weighted by molar-refractivity contribution is 6.16. The van der Waals surface area contributed by atoms with Crippen LogP contribution in [0.5, 0.6) is 5.75 Å². The first-order chi connectivity index (χ1) is 20.8. The van der Waals surface area contributed by atoms with Crippen molar-refractivity contribution >= 4 is 29.2 Å². The number of ketones is 2. The number of carbonyl (C=O) groups is 3. The summed E-state index contributed by atoms with van der Waals surface area (Å²) >= 11 is 0. The Labute approximate surface area is 251 Å². The minimum atomic E-state index is -1.35. The second-order valence-electron chi connectivity index (χ2n) is 11.9. The molecule has 4 aromatic rings. The maximum Gasteiger partial charge on any atom is 0.238 e. The van der Waals surface area contributed by atoms with Crippen molar-refractivity contribution < 1.29 is 19.1 Å². The van der Waals surface area contributed by atoms with Crippen LogP contribution in [0, 0.1) is 12.8 Å². The second kappa shape index (κ2) is 10.1. The number of hydrogen-bond acceptors (Lipinski definition) is 5. The van der Waals surface area contributed by atoms with Crippen molar-refractivity contribution in [3.63, 3.8) is 0 Å². The molecule has 3 aliphatic heterocycles. The summed E-state index contributed by atoms with van der Waals surface area (Å²) in [6, 6.07) is 28.4. The first-order valence-electron chi connectivity index (χ1n) is 14.7. The van der Waals surface area contributed by atoms with Gasteiger partial charge in [-0.15, -0.1) is 0 Å². The Bertz CT molecular complexity index is 1790. The van der Waals surface area contributed by atoms with Crippen LogP contribution in [-0.2, 0) is 10.2 Å². The molecule has 4 aromatic carbocycles. The number of para-hydroxylation sites is 1. The van der Waals surface area contributed by atoms with Crippen LogP contribution in [0.25, 0.3) is 6.08 Å². The minimum absolute atomic E-state index is 0.0161. The highest BCUT2D eigenvalue weighted by Gasteiger charge is 2.70. The van der Waals surface area contributed by atoms with Crippen molar-refractivity contribution in [3.05, 3.63) is 137 Å². The first kappa shape index (κ1) is 26.9. The second-order valence-corrected chi connectivity index (χ2v) is 11.9. The van der Waals surface area contributed by atoms with E-state index < -0.39 is 23.4 Å². The third-order valence-electron chi connectivity index (χ3n) is 8.97. The van der Waals surface area contributed by atoms with Gasteiger partial charge in [-0.3, -0.25) is 14.4 Å². The van der Waals surface area contributed by atoms with Crippen molar-refractivity contribution in [2.45, 2.75) is 44.4 Å². The smallest absolute Gasteiger partial charge is 0.238 e. The Balaban J connectivity index is 1.48. The van der Waals surface area contributed by atoms with Gasteiger partial charge in [0.15, 0.2) is 11.6 Å². The lowest BCUT2D eigenvalue weighted by Crippen LogP contribution is -2.49. The van der Waals surface area contributed by atoms with Crippen molar-refractivity contribution in [1.82, 2.24) is 4.90 Å². The summed E-state index contributed by atoms with van der Waals surface area (Å²) in [7, 11) is 0. The summed E-state index contributed by atoms with van der Waals surface area (Å²) in [5.74, 6) is -1.08. The van der Waals surface area contributed by atoms with Crippen molar-refractivity contribution in [3.8, 4) is 5.75 Å². The summed E-state index contributed by atoms with van der Waals surface area (Å²) < 4.78 is 5.83. The number of nitrogens with zero attached hydrogens (tertiary/aromatic N) is 1. The number of Topliss-reactive ketones (excluding diaryl/α,β-unsaturated/α-hetero) is 2. The van der Waals surface area contributed by atoms with E-state index in [-0.39, 0.29) is 23.6 Å². The zero-order valence-electron chi connectivity index (χ0n) is 24.3. The average molecular weight is 569 g/mol. The van der Waals surface area contributed by atoms with Crippen LogP contribution in [0.1, 0.15) is 62.9 Å². The van der Waals surface area contributed by atoms with Gasteiger partial charge in [-0.25, -0.2) is 0 Å². The molecule has 6 nitrogen and oxygen atoms in total. The van der Waals surface area contributed by atoms with Crippen LogP contribution in [0.4, 0.5) is 5.69 Å². The number of carbonyl (C=O) groups excluding carboxylic acids is 3. The van der Waals surface area contributed by atoms with Gasteiger partial charge in [0.2, 0.25) is 5.91 Å². The van der Waals surface area contributed by atoms with Crippen LogP contribution >= 0.6 is 0 Å². The predicted octanol–water partition coefficient (Wildman–Crippen LogP) is 6.76. The van der Waals surface area contributed by atoms with Gasteiger partial charge in [0.05, 0.1) is 18.1 Å². The van der Waals surface area contributed by atoms with Gasteiger partial charge in [0, 0.05) is 23.0 Å². The molecular weight excluding hydrogens is 536 g/mol. The normalized spacial score (nSPS) is 23.1. The van der Waals surface area contributed by atoms with E-state index in [0.29, 0.717) is 22.6 Å². The molecule has 3 aliphatic rings. The van der Waals surface area contributed by atoms with Gasteiger partial charge in [-0.05, 0) is 73.9 Å². The Hall–Kier alpha value is -4.97. The lowest BCUT2D eigenvalue weighted by molar-refractivity contribution is -0.122. The van der Waals surface area contributed by atoms with Gasteiger partial charge in [0.25, 0.3) is 0 Å². The molecule has 1 saturated heterocycles. The van der Waals surface area contributed by atoms with E-state index in [1.54, 1.807) is 24.3 Å². The standard InChI is InChI=1S/C37H32N2O4/c1-22(2)43-27-18-16-25(17-19-27)33(40)31-32(34(41)26-14-12-23(3)13-15-26)39-21-20-24-8-4-5-9-28(24)35(39)37(31)29-10-6-7-11-30(29)38-36(37)42/h4-22,31-32,35H,1-3H3,(H,38,42)/t31-,32+,35-,37-/m1/s1. The molecule has 0 aliphatic carbocycles. The molecule has 3 heterocycles. The molecule has 1 amide bonds. The quantitative estimate of drug-likeness (QED) is 0.260. The van der Waals surface area contributed by atoms with Crippen molar-refractivity contribution in [2.24, 2.45) is 5.92 Å². The first-order valence-corrected chi connectivity index (χ1v) is 14.7. The molecule has 0 saturated carbocycles. The van der Waals surface area contributed by atoms with Gasteiger partial charge >= 0.3 is 0 Å². The van der Waals surface area contributed by atoms with Crippen LogP contribution in [-0.4, -0.2) is 34.5 Å². The summed E-state index contributed by atoms with van der Waals surface area (Å²) in [6.07, 6.45) is 3.85. The minimum Gasteiger partial charge on any atom is -0.491 e. The number of fused-ring (bicyclic) bond motifs is 6. The third-order valence-corrected chi connectivity index (χ3v) is 8.97. The Morgan fingerprint density at radius 3 is 2.23 bits per heavy atom. The molecular formula is C37H32N2O4. The van der Waals surface area contributed by atoms with E-state index in [9.17, 15) is 14.4 Å². The Morgan fingerprint density at radius 2 is 1.49 bits per heavy atom. The van der Waals surface area contributed by atoms with Crippen LogP contribution in [0.3, 0.4) is 0 Å². The molecule has 214 valence electrons. The van der Waals surface area contributed by atoms with Crippen LogP contribution < -0.4 is 10.1 Å². The van der Waals surface area contributed by atoms with E-state index >= 15 is 0 Å². The van der Waals surface area contributed by atoms with E-state index in [1.807, 2.05) is 111 Å². The molecule has 0 unspecified atom stereocenters. The molecule has 1 N–H and O–H groups in total. The van der Waals surface area contributed by atoms with E-state index in [1.165, 1.54) is 0 Å². The number of rotatable bonds is 6. The molecule has 1 spiro atoms. The van der Waals surface area contributed by atoms with Gasteiger partial charge < -0.3 is 15.0 Å². The lowest BCUT2D eigenvalue weighted by Gasteiger charge is -2.38. The fourth-order valence-corrected chi connectivity index (χ4v) is 7.21. The Morgan fingerprint density at radius 1 is 0.837 bits per heavy atom. The number of nitrogens with one attached hydrogen (secondary N) is 1. The highest BCUT2D eigenvalue weighted by Crippen LogP contribution is 2.62. The molecule has 43 heavy (non-hydrogen) atoms. The Kier molecular flexibility index (Phi) is 6.31. The summed E-state index contributed by atoms with van der Waals surface area (Å²) in [5, 5.41) is 3.09. The third kappa shape index (κ3) is 4.04. The molecule has 0 bridgehead atoms. The van der Waals surface area contributed by atoms with Crippen molar-refractivity contribution in [2.75, 3.05) is 5.32 Å². The van der Waals surface area contributed by atoms with E-state index in [4.69, 9.17) is 4.74 Å². The monoisotopic (exact) mass is 568 g/mol. The summed E-state index contributed by atoms with van der Waals surface area (Å²) in [6.45, 7) is 5.86. The number of hydrogen-bond donors (Lipinski definition) is 1. The fraction of sp³-hybridized carbons (Fsp3) is 0.216. The molecule has 0 aromatic heterocycles. The SMILES string of the molecule is Cc1ccc(C(=O)[C@@H]2[C@H](C(=O)c3ccc(OC(C)C)cc3)[C@@]3(C(=O)Nc4ccccc43)[C@H]3c4ccccc4C=CN23)cc1. The lowest BCUT2D eigenvalue weighted by atomic mass is 9.62. The predicted molar refractivity (Wildman–Crippen MR) is 166 cm³/mol. The number of amides is 1. The molecule has 7 rings (SSSR count). The summed E-state index contributed by atoms with van der Waals surface area (Å²) in [4.78, 5) is 46.1. The molecule has 4 atom stereocenters. The highest BCUT2D eigenvalue weighted by atomic mass is 16.5. The van der Waals surface area contributed by atoms with Crippen LogP contribution in [0.15, 0.2) is 103 Å². The van der Waals surface area contributed by atoms with Crippen molar-refractivity contribution in [1.29, 1.82) is 0 Å². The average Bonchev–Trinajstić information content (AvgIpc) is 3.49.